The number of amides is 1. The SMILES string of the molecule is CC(=O)SCC(C(=O)NC(Cc1cnc2c1ccc1ccc[nH]c12)C(=O)O)C1CCc2cc(Br)ccc21. The van der Waals surface area contributed by atoms with Gasteiger partial charge in [-0.15, -0.1) is 0 Å². The topological polar surface area (TPSA) is 112 Å². The van der Waals surface area contributed by atoms with E-state index in [1.54, 1.807) is 6.20 Å². The second kappa shape index (κ2) is 10.7. The third-order valence-electron chi connectivity index (χ3n) is 7.06. The van der Waals surface area contributed by atoms with Crippen molar-refractivity contribution in [2.75, 3.05) is 5.75 Å². The second-order valence-corrected chi connectivity index (χ2v) is 11.5. The third-order valence-corrected chi connectivity index (χ3v) is 8.49. The van der Waals surface area contributed by atoms with Gasteiger partial charge in [0.25, 0.3) is 0 Å². The van der Waals surface area contributed by atoms with E-state index < -0.39 is 17.9 Å². The number of carboxylic acid groups (broad SMARTS) is 1. The fourth-order valence-electron chi connectivity index (χ4n) is 5.27. The van der Waals surface area contributed by atoms with Gasteiger partial charge in [0, 0.05) is 46.7 Å². The number of pyridine rings is 1. The van der Waals surface area contributed by atoms with Gasteiger partial charge in [-0.3, -0.25) is 14.6 Å². The molecule has 1 aliphatic carbocycles. The minimum atomic E-state index is -1.12. The number of aromatic nitrogens is 2. The zero-order chi connectivity index (χ0) is 26.1. The van der Waals surface area contributed by atoms with Crippen LogP contribution in [0.3, 0.4) is 0 Å². The molecule has 0 saturated heterocycles. The molecule has 1 aliphatic rings. The zero-order valence-corrected chi connectivity index (χ0v) is 22.6. The summed E-state index contributed by atoms with van der Waals surface area (Å²) in [5, 5.41) is 14.6. The van der Waals surface area contributed by atoms with Crippen LogP contribution in [0.5, 0.6) is 0 Å². The van der Waals surface area contributed by atoms with Crippen LogP contribution in [-0.2, 0) is 27.2 Å². The number of carbonyl (C=O) groups excluding carboxylic acids is 2. The van der Waals surface area contributed by atoms with E-state index in [2.05, 4.69) is 37.3 Å². The largest absolute Gasteiger partial charge is 0.480 e. The Morgan fingerprint density at radius 1 is 1.24 bits per heavy atom. The molecule has 1 amide bonds. The Morgan fingerprint density at radius 3 is 2.86 bits per heavy atom. The van der Waals surface area contributed by atoms with Crippen molar-refractivity contribution in [3.8, 4) is 0 Å². The number of fused-ring (bicyclic) bond motifs is 4. The van der Waals surface area contributed by atoms with Crippen LogP contribution in [0.1, 0.15) is 36.0 Å². The number of carbonyl (C=O) groups is 3. The lowest BCUT2D eigenvalue weighted by molar-refractivity contribution is -0.142. The zero-order valence-electron chi connectivity index (χ0n) is 20.2. The average Bonchev–Trinajstić information content (AvgIpc) is 3.47. The van der Waals surface area contributed by atoms with Crippen LogP contribution >= 0.6 is 27.7 Å². The molecule has 2 aromatic carbocycles. The summed E-state index contributed by atoms with van der Waals surface area (Å²) < 4.78 is 0.984. The Morgan fingerprint density at radius 2 is 2.08 bits per heavy atom. The van der Waals surface area contributed by atoms with E-state index in [4.69, 9.17) is 0 Å². The first-order valence-corrected chi connectivity index (χ1v) is 13.9. The molecular formula is C28H26BrN3O4S. The number of nitrogens with one attached hydrogen (secondary N) is 2. The molecule has 4 aromatic rings. The Hall–Kier alpha value is -3.17. The number of hydrogen-bond acceptors (Lipinski definition) is 5. The molecule has 3 N–H and O–H groups in total. The van der Waals surface area contributed by atoms with Crippen molar-refractivity contribution in [1.29, 1.82) is 0 Å². The molecule has 0 fully saturated rings. The first kappa shape index (κ1) is 25.5. The monoisotopic (exact) mass is 579 g/mol. The highest BCUT2D eigenvalue weighted by Gasteiger charge is 2.36. The lowest BCUT2D eigenvalue weighted by Gasteiger charge is -2.25. The van der Waals surface area contributed by atoms with Crippen LogP contribution < -0.4 is 5.32 Å². The highest BCUT2D eigenvalue weighted by atomic mass is 79.9. The molecule has 37 heavy (non-hydrogen) atoms. The van der Waals surface area contributed by atoms with Crippen molar-refractivity contribution in [1.82, 2.24) is 15.3 Å². The number of aromatic amines is 1. The summed E-state index contributed by atoms with van der Waals surface area (Å²) in [6.45, 7) is 1.48. The Balaban J connectivity index is 1.40. The van der Waals surface area contributed by atoms with E-state index in [1.807, 2.05) is 42.6 Å². The van der Waals surface area contributed by atoms with Gasteiger partial charge in [0.2, 0.25) is 5.91 Å². The molecule has 0 spiro atoms. The van der Waals surface area contributed by atoms with Crippen LogP contribution in [0.2, 0.25) is 0 Å². The van der Waals surface area contributed by atoms with E-state index in [1.165, 1.54) is 12.5 Å². The number of nitrogens with zero attached hydrogens (tertiary/aromatic N) is 1. The molecule has 3 atom stereocenters. The van der Waals surface area contributed by atoms with Crippen molar-refractivity contribution < 1.29 is 19.5 Å². The van der Waals surface area contributed by atoms with Gasteiger partial charge in [-0.25, -0.2) is 4.79 Å². The summed E-state index contributed by atoms with van der Waals surface area (Å²) in [6, 6.07) is 12.7. The maximum Gasteiger partial charge on any atom is 0.326 e. The fourth-order valence-corrected chi connectivity index (χ4v) is 6.47. The number of benzene rings is 2. The van der Waals surface area contributed by atoms with Gasteiger partial charge >= 0.3 is 5.97 Å². The summed E-state index contributed by atoms with van der Waals surface area (Å²) in [4.78, 5) is 45.3. The van der Waals surface area contributed by atoms with Crippen molar-refractivity contribution in [2.45, 2.75) is 38.1 Å². The normalized spacial score (nSPS) is 16.4. The molecule has 5 rings (SSSR count). The predicted molar refractivity (Wildman–Crippen MR) is 149 cm³/mol. The predicted octanol–water partition coefficient (Wildman–Crippen LogP) is 5.22. The Bertz CT molecular complexity index is 1520. The van der Waals surface area contributed by atoms with Gasteiger partial charge in [0.1, 0.15) is 6.04 Å². The number of halogens is 1. The smallest absolute Gasteiger partial charge is 0.326 e. The maximum absolute atomic E-state index is 13.6. The van der Waals surface area contributed by atoms with Crippen LogP contribution in [0.4, 0.5) is 0 Å². The molecule has 0 bridgehead atoms. The van der Waals surface area contributed by atoms with E-state index >= 15 is 0 Å². The Kier molecular flexibility index (Phi) is 7.35. The number of thioether (sulfide) groups is 1. The van der Waals surface area contributed by atoms with Crippen LogP contribution in [0, 0.1) is 5.92 Å². The molecule has 0 saturated carbocycles. The summed E-state index contributed by atoms with van der Waals surface area (Å²) in [5.41, 5.74) is 4.68. The highest BCUT2D eigenvalue weighted by molar-refractivity contribution is 9.10. The summed E-state index contributed by atoms with van der Waals surface area (Å²) in [5.74, 6) is -1.75. The van der Waals surface area contributed by atoms with E-state index in [9.17, 15) is 19.5 Å². The molecule has 2 aromatic heterocycles. The summed E-state index contributed by atoms with van der Waals surface area (Å²) in [7, 11) is 0. The number of aliphatic carboxylic acids is 1. The number of aryl methyl sites for hydroxylation is 1. The minimum absolute atomic E-state index is 0.0695. The lowest BCUT2D eigenvalue weighted by atomic mass is 9.87. The van der Waals surface area contributed by atoms with Crippen LogP contribution in [0.25, 0.3) is 21.8 Å². The van der Waals surface area contributed by atoms with Crippen LogP contribution in [-0.4, -0.2) is 43.9 Å². The number of hydrogen-bond donors (Lipinski definition) is 3. The van der Waals surface area contributed by atoms with E-state index in [-0.39, 0.29) is 23.4 Å². The van der Waals surface area contributed by atoms with Gasteiger partial charge in [0.15, 0.2) is 5.12 Å². The van der Waals surface area contributed by atoms with Crippen molar-refractivity contribution in [3.63, 3.8) is 0 Å². The Labute approximate surface area is 226 Å². The maximum atomic E-state index is 13.6. The van der Waals surface area contributed by atoms with Crippen molar-refractivity contribution >= 4 is 66.5 Å². The average molecular weight is 581 g/mol. The second-order valence-electron chi connectivity index (χ2n) is 9.38. The van der Waals surface area contributed by atoms with Gasteiger partial charge in [-0.1, -0.05) is 52.0 Å². The first-order valence-electron chi connectivity index (χ1n) is 12.1. The highest BCUT2D eigenvalue weighted by Crippen LogP contribution is 2.41. The van der Waals surface area contributed by atoms with Gasteiger partial charge in [-0.05, 0) is 53.6 Å². The molecule has 3 unspecified atom stereocenters. The van der Waals surface area contributed by atoms with Gasteiger partial charge < -0.3 is 15.4 Å². The van der Waals surface area contributed by atoms with Crippen molar-refractivity contribution in [2.24, 2.45) is 5.92 Å². The minimum Gasteiger partial charge on any atom is -0.480 e. The molecular weight excluding hydrogens is 554 g/mol. The summed E-state index contributed by atoms with van der Waals surface area (Å²) >= 11 is 4.61. The molecule has 0 aliphatic heterocycles. The van der Waals surface area contributed by atoms with Crippen LogP contribution in [0.15, 0.2) is 59.3 Å². The first-order chi connectivity index (χ1) is 17.8. The van der Waals surface area contributed by atoms with E-state index in [0.717, 1.165) is 62.0 Å². The lowest BCUT2D eigenvalue weighted by Crippen LogP contribution is -2.46. The summed E-state index contributed by atoms with van der Waals surface area (Å²) in [6.07, 6.45) is 5.24. The number of rotatable bonds is 8. The molecule has 7 nitrogen and oxygen atoms in total. The standard InChI is InChI=1S/C28H26BrN3O4S/c1-15(33)37-14-23(22-8-5-17-11-19(29)6-9-20(17)22)27(34)32-24(28(35)36)12-18-13-31-26-21(18)7-4-16-3-2-10-30-25(16)26/h2-4,6-7,9-11,13,22-24,30H,5,8,12,14H2,1H3,(H,32,34)(H,35,36). The molecule has 190 valence electrons. The quantitative estimate of drug-likeness (QED) is 0.264. The number of carboxylic acids is 1. The number of H-pyrrole nitrogens is 1. The molecule has 2 heterocycles. The third kappa shape index (κ3) is 5.29. The van der Waals surface area contributed by atoms with Gasteiger partial charge in [-0.2, -0.15) is 0 Å². The van der Waals surface area contributed by atoms with E-state index in [0.29, 0.717) is 5.75 Å². The fraction of sp³-hybridized carbons (Fsp3) is 0.286. The van der Waals surface area contributed by atoms with Gasteiger partial charge in [0.05, 0.1) is 17.0 Å². The van der Waals surface area contributed by atoms with Crippen molar-refractivity contribution in [3.05, 3.63) is 76.0 Å². The molecule has 9 heteroatoms. The molecule has 0 radical (unpaired) electrons.